The van der Waals surface area contributed by atoms with E-state index in [-0.39, 0.29) is 83.7 Å². The number of nitrogens with one attached hydrogen (secondary N) is 6. The molecule has 0 heterocycles. The monoisotopic (exact) mass is 934 g/mol. The number of urea groups is 1. The van der Waals surface area contributed by atoms with E-state index in [4.69, 9.17) is 34.2 Å². The molecular weight excluding hydrogens is 863 g/mol. The Kier molecular flexibility index (Phi) is 30.0. The molecule has 4 atom stereocenters. The first-order valence-corrected chi connectivity index (χ1v) is 22.5. The SMILES string of the molecule is COC(=O)CC[C@H](NC(=O)CCOCCOCCOCCOCCNC(=O)COC1C#CCCCCC1)C(=O)N[C@H](C(=O)N[C@@H](CCCNC(N)=O)C(=O)Nc1ccc(CO)cc1)C(C)C. The van der Waals surface area contributed by atoms with Crippen molar-refractivity contribution in [2.75, 3.05) is 85.0 Å². The fourth-order valence-electron chi connectivity index (χ4n) is 6.18. The van der Waals surface area contributed by atoms with Crippen molar-refractivity contribution in [3.8, 4) is 11.8 Å². The highest BCUT2D eigenvalue weighted by atomic mass is 16.6. The van der Waals surface area contributed by atoms with Gasteiger partial charge in [-0.2, -0.15) is 0 Å². The number of methoxy groups -OCH3 is 1. The Labute approximate surface area is 387 Å². The summed E-state index contributed by atoms with van der Waals surface area (Å²) in [6.45, 7) is 5.75. The first-order valence-electron chi connectivity index (χ1n) is 22.5. The molecule has 0 radical (unpaired) electrons. The van der Waals surface area contributed by atoms with Crippen LogP contribution in [0.25, 0.3) is 0 Å². The molecule has 21 heteroatoms. The smallest absolute Gasteiger partial charge is 0.312 e. The fourth-order valence-corrected chi connectivity index (χ4v) is 6.18. The van der Waals surface area contributed by atoms with Crippen LogP contribution in [0.1, 0.15) is 83.6 Å². The average Bonchev–Trinajstić information content (AvgIpc) is 3.28. The highest BCUT2D eigenvalue weighted by molar-refractivity contribution is 5.99. The number of aliphatic hydroxyl groups excluding tert-OH is 1. The molecule has 1 aromatic carbocycles. The Morgan fingerprint density at radius 3 is 2.02 bits per heavy atom. The molecule has 0 bridgehead atoms. The zero-order valence-corrected chi connectivity index (χ0v) is 38.6. The van der Waals surface area contributed by atoms with Crippen LogP contribution < -0.4 is 37.6 Å². The van der Waals surface area contributed by atoms with E-state index in [0.717, 1.165) is 32.1 Å². The van der Waals surface area contributed by atoms with Gasteiger partial charge in [0.15, 0.2) is 0 Å². The molecule has 21 nitrogen and oxygen atoms in total. The van der Waals surface area contributed by atoms with Crippen LogP contribution in [0, 0.1) is 17.8 Å². The summed E-state index contributed by atoms with van der Waals surface area (Å²) >= 11 is 0. The Morgan fingerprint density at radius 2 is 1.38 bits per heavy atom. The van der Waals surface area contributed by atoms with Gasteiger partial charge in [-0.3, -0.25) is 28.8 Å². The number of nitrogens with two attached hydrogens (primary N) is 1. The molecule has 66 heavy (non-hydrogen) atoms. The molecular formula is C45H71N7O14. The van der Waals surface area contributed by atoms with Gasteiger partial charge in [0, 0.05) is 38.0 Å². The predicted octanol–water partition coefficient (Wildman–Crippen LogP) is 0.555. The first-order chi connectivity index (χ1) is 31.8. The Hall–Kier alpha value is -5.37. The van der Waals surface area contributed by atoms with E-state index in [0.29, 0.717) is 50.8 Å². The molecule has 0 saturated carbocycles. The van der Waals surface area contributed by atoms with E-state index in [1.54, 1.807) is 38.1 Å². The van der Waals surface area contributed by atoms with Gasteiger partial charge in [-0.15, -0.1) is 5.92 Å². The number of hydrogen-bond donors (Lipinski definition) is 8. The maximum absolute atomic E-state index is 13.7. The Bertz CT molecular complexity index is 1690. The van der Waals surface area contributed by atoms with Crippen molar-refractivity contribution in [1.29, 1.82) is 0 Å². The standard InChI is InChI=1S/C45H71N7O14/c1-32(2)41(44(59)51-36(12-9-20-48-45(46)60)42(57)49-34-15-13-33(30-53)14-16-34)52-43(58)37(17-18-40(56)61-3)50-38(54)19-22-62-24-26-64-28-29-65-27-25-63-23-21-47-39(55)31-66-35-10-7-5-4-6-8-11-35/h13-16,32,35-37,41,53H,4-7,9-10,12,17-31H2,1-3H3,(H,47,55)(H,49,57)(H,50,54)(H,51,59)(H,52,58)(H3,46,48,60)/t35?,36-,37-,41-/m0/s1. The second-order valence-corrected chi connectivity index (χ2v) is 15.6. The van der Waals surface area contributed by atoms with Gasteiger partial charge < -0.3 is 71.2 Å². The molecule has 1 aliphatic rings. The molecule has 2 rings (SSSR count). The first kappa shape index (κ1) is 56.8. The predicted molar refractivity (Wildman–Crippen MR) is 241 cm³/mol. The van der Waals surface area contributed by atoms with Gasteiger partial charge in [0.2, 0.25) is 29.5 Å². The van der Waals surface area contributed by atoms with Gasteiger partial charge >= 0.3 is 12.0 Å². The second-order valence-electron chi connectivity index (χ2n) is 15.6. The number of hydrogen-bond acceptors (Lipinski definition) is 14. The highest BCUT2D eigenvalue weighted by Crippen LogP contribution is 2.13. The number of esters is 1. The largest absolute Gasteiger partial charge is 0.469 e. The van der Waals surface area contributed by atoms with Crippen LogP contribution in [0.5, 0.6) is 0 Å². The maximum Gasteiger partial charge on any atom is 0.312 e. The minimum absolute atomic E-state index is 0.0120. The number of primary amides is 1. The third kappa shape index (κ3) is 26.6. The number of carbonyl (C=O) groups is 7. The Morgan fingerprint density at radius 1 is 0.727 bits per heavy atom. The number of carbonyl (C=O) groups excluding carboxylic acids is 7. The summed E-state index contributed by atoms with van der Waals surface area (Å²) in [4.78, 5) is 88.7. The third-order valence-corrected chi connectivity index (χ3v) is 9.87. The Balaban J connectivity index is 1.73. The minimum Gasteiger partial charge on any atom is -0.469 e. The molecule has 9 N–H and O–H groups in total. The van der Waals surface area contributed by atoms with Crippen molar-refractivity contribution < 1.29 is 67.1 Å². The maximum atomic E-state index is 13.7. The van der Waals surface area contributed by atoms with Gasteiger partial charge in [0.05, 0.1) is 66.6 Å². The summed E-state index contributed by atoms with van der Waals surface area (Å²) in [5.74, 6) is 2.35. The van der Waals surface area contributed by atoms with Gasteiger partial charge in [-0.1, -0.05) is 38.3 Å². The minimum atomic E-state index is -1.22. The van der Waals surface area contributed by atoms with Crippen molar-refractivity contribution in [2.24, 2.45) is 11.7 Å². The molecule has 0 spiro atoms. The lowest BCUT2D eigenvalue weighted by Gasteiger charge is -2.27. The normalized spacial score (nSPS) is 14.8. The van der Waals surface area contributed by atoms with Crippen LogP contribution >= 0.6 is 0 Å². The number of benzene rings is 1. The van der Waals surface area contributed by atoms with Crippen LogP contribution in [-0.4, -0.2) is 151 Å². The topological polar surface area (TPSA) is 293 Å². The lowest BCUT2D eigenvalue weighted by atomic mass is 10.0. The van der Waals surface area contributed by atoms with Crippen molar-refractivity contribution in [3.63, 3.8) is 0 Å². The molecule has 0 aromatic heterocycles. The molecule has 0 saturated heterocycles. The van der Waals surface area contributed by atoms with E-state index < -0.39 is 59.7 Å². The lowest BCUT2D eigenvalue weighted by molar-refractivity contribution is -0.141. The number of amides is 7. The molecule has 7 amide bonds. The van der Waals surface area contributed by atoms with Crippen LogP contribution in [0.3, 0.4) is 0 Å². The molecule has 1 aromatic rings. The number of ether oxygens (including phenoxy) is 6. The highest BCUT2D eigenvalue weighted by Gasteiger charge is 2.32. The van der Waals surface area contributed by atoms with Gasteiger partial charge in [-0.05, 0) is 62.1 Å². The number of rotatable bonds is 34. The summed E-state index contributed by atoms with van der Waals surface area (Å²) in [6.07, 6.45) is 4.73. The number of anilines is 1. The summed E-state index contributed by atoms with van der Waals surface area (Å²) in [5.41, 5.74) is 6.21. The quantitative estimate of drug-likeness (QED) is 0.0266. The van der Waals surface area contributed by atoms with Gasteiger partial charge in [0.25, 0.3) is 0 Å². The molecule has 0 aliphatic heterocycles. The van der Waals surface area contributed by atoms with E-state index in [2.05, 4.69) is 43.7 Å². The molecule has 1 aliphatic carbocycles. The van der Waals surface area contributed by atoms with Crippen molar-refractivity contribution >= 4 is 47.2 Å². The van der Waals surface area contributed by atoms with Crippen molar-refractivity contribution in [1.82, 2.24) is 26.6 Å². The van der Waals surface area contributed by atoms with E-state index >= 15 is 0 Å². The second kappa shape index (κ2) is 34.9. The zero-order chi connectivity index (χ0) is 48.4. The van der Waals surface area contributed by atoms with E-state index in [9.17, 15) is 38.7 Å². The molecule has 1 unspecified atom stereocenters. The van der Waals surface area contributed by atoms with Crippen molar-refractivity contribution in [2.45, 2.75) is 109 Å². The summed E-state index contributed by atoms with van der Waals surface area (Å²) in [6, 6.07) is 2.23. The third-order valence-electron chi connectivity index (χ3n) is 9.87. The molecule has 0 fully saturated rings. The average molecular weight is 934 g/mol. The van der Waals surface area contributed by atoms with Crippen LogP contribution in [0.4, 0.5) is 10.5 Å². The summed E-state index contributed by atoms with van der Waals surface area (Å²) in [5, 5.41) is 25.2. The van der Waals surface area contributed by atoms with Crippen LogP contribution in [-0.2, 0) is 63.8 Å². The lowest BCUT2D eigenvalue weighted by Crippen LogP contribution is -2.58. The van der Waals surface area contributed by atoms with Crippen LogP contribution in [0.2, 0.25) is 0 Å². The zero-order valence-electron chi connectivity index (χ0n) is 38.6. The number of aliphatic hydroxyl groups is 1. The summed E-state index contributed by atoms with van der Waals surface area (Å²) in [7, 11) is 1.19. The van der Waals surface area contributed by atoms with Crippen LogP contribution in [0.15, 0.2) is 24.3 Å². The summed E-state index contributed by atoms with van der Waals surface area (Å²) < 4.78 is 32.3. The molecule has 370 valence electrons. The van der Waals surface area contributed by atoms with Crippen molar-refractivity contribution in [3.05, 3.63) is 29.8 Å². The van der Waals surface area contributed by atoms with E-state index in [1.165, 1.54) is 7.11 Å². The van der Waals surface area contributed by atoms with Gasteiger partial charge in [-0.25, -0.2) is 4.79 Å². The van der Waals surface area contributed by atoms with E-state index in [1.807, 2.05) is 0 Å². The van der Waals surface area contributed by atoms with Gasteiger partial charge in [0.1, 0.15) is 30.8 Å². The fraction of sp³-hybridized carbons (Fsp3) is 0.667.